The molecule has 0 saturated carbocycles. The van der Waals surface area contributed by atoms with E-state index in [9.17, 15) is 14.4 Å². The number of aromatic nitrogens is 1. The van der Waals surface area contributed by atoms with E-state index in [1.54, 1.807) is 25.1 Å². The third kappa shape index (κ3) is 3.48. The van der Waals surface area contributed by atoms with Gasteiger partial charge in [-0.15, -0.1) is 0 Å². The molecule has 25 heavy (non-hydrogen) atoms. The molecule has 2 heterocycles. The molecule has 0 spiro atoms. The molecule has 0 unspecified atom stereocenters. The molecule has 1 fully saturated rings. The molecule has 0 aliphatic carbocycles. The number of benzene rings is 1. The zero-order valence-corrected chi connectivity index (χ0v) is 14.2. The van der Waals surface area contributed by atoms with Crippen molar-refractivity contribution in [1.82, 2.24) is 9.88 Å². The molecule has 8 heteroatoms. The molecule has 0 atom stereocenters. The number of carbonyl (C=O) groups is 2. The molecular formula is C17H15N3O4S. The second-order valence-electron chi connectivity index (χ2n) is 5.25. The SMILES string of the molecule is CCOC(=O)Cn1c(=O)c(/C=C2\SC(=N)NC2=O)cc2ccccc21. The van der Waals surface area contributed by atoms with Gasteiger partial charge in [0.2, 0.25) is 0 Å². The van der Waals surface area contributed by atoms with E-state index >= 15 is 0 Å². The zero-order chi connectivity index (χ0) is 18.0. The van der Waals surface area contributed by atoms with Crippen LogP contribution in [0, 0.1) is 5.41 Å². The molecule has 0 radical (unpaired) electrons. The number of amidine groups is 1. The fourth-order valence-electron chi connectivity index (χ4n) is 2.53. The fourth-order valence-corrected chi connectivity index (χ4v) is 3.22. The summed E-state index contributed by atoms with van der Waals surface area (Å²) in [5.74, 6) is -0.922. The Balaban J connectivity index is 2.14. The first kappa shape index (κ1) is 17.0. The number of carbonyl (C=O) groups excluding carboxylic acids is 2. The van der Waals surface area contributed by atoms with Gasteiger partial charge in [-0.05, 0) is 42.3 Å². The zero-order valence-electron chi connectivity index (χ0n) is 13.4. The van der Waals surface area contributed by atoms with Crippen molar-refractivity contribution in [2.45, 2.75) is 13.5 Å². The Morgan fingerprint density at radius 1 is 1.36 bits per heavy atom. The number of esters is 1. The van der Waals surface area contributed by atoms with E-state index in [1.165, 1.54) is 10.6 Å². The van der Waals surface area contributed by atoms with Crippen LogP contribution in [0.5, 0.6) is 0 Å². The van der Waals surface area contributed by atoms with Crippen LogP contribution in [0.25, 0.3) is 17.0 Å². The summed E-state index contributed by atoms with van der Waals surface area (Å²) in [4.78, 5) is 36.7. The van der Waals surface area contributed by atoms with Gasteiger partial charge in [0, 0.05) is 5.56 Å². The number of hydrogen-bond donors (Lipinski definition) is 2. The third-order valence-electron chi connectivity index (χ3n) is 3.57. The molecule has 1 aliphatic heterocycles. The van der Waals surface area contributed by atoms with Crippen molar-refractivity contribution in [3.8, 4) is 0 Å². The van der Waals surface area contributed by atoms with Gasteiger partial charge in [-0.2, -0.15) is 0 Å². The van der Waals surface area contributed by atoms with Crippen LogP contribution in [0.3, 0.4) is 0 Å². The summed E-state index contributed by atoms with van der Waals surface area (Å²) < 4.78 is 6.28. The van der Waals surface area contributed by atoms with Crippen molar-refractivity contribution < 1.29 is 14.3 Å². The third-order valence-corrected chi connectivity index (χ3v) is 4.40. The highest BCUT2D eigenvalue weighted by molar-refractivity contribution is 8.18. The molecule has 7 nitrogen and oxygen atoms in total. The number of amides is 1. The topological polar surface area (TPSA) is 101 Å². The smallest absolute Gasteiger partial charge is 0.326 e. The Bertz CT molecular complexity index is 978. The normalized spacial score (nSPS) is 15.6. The Hall–Kier alpha value is -2.87. The highest BCUT2D eigenvalue weighted by atomic mass is 32.2. The molecule has 3 rings (SSSR count). The molecule has 1 aromatic carbocycles. The number of nitrogens with zero attached hydrogens (tertiary/aromatic N) is 1. The Kier molecular flexibility index (Phi) is 4.71. The molecule has 128 valence electrons. The number of thioether (sulfide) groups is 1. The van der Waals surface area contributed by atoms with Crippen molar-refractivity contribution >= 4 is 45.8 Å². The highest BCUT2D eigenvalue weighted by Gasteiger charge is 2.23. The lowest BCUT2D eigenvalue weighted by Gasteiger charge is -2.11. The van der Waals surface area contributed by atoms with Gasteiger partial charge in [0.05, 0.1) is 17.0 Å². The van der Waals surface area contributed by atoms with Crippen LogP contribution in [0.2, 0.25) is 0 Å². The van der Waals surface area contributed by atoms with Crippen LogP contribution in [0.4, 0.5) is 0 Å². The molecular weight excluding hydrogens is 342 g/mol. The maximum absolute atomic E-state index is 12.8. The van der Waals surface area contributed by atoms with E-state index in [0.29, 0.717) is 5.52 Å². The van der Waals surface area contributed by atoms with Crippen LogP contribution in [0.15, 0.2) is 40.0 Å². The van der Waals surface area contributed by atoms with Gasteiger partial charge in [-0.3, -0.25) is 24.4 Å². The Labute approximate surface area is 147 Å². The van der Waals surface area contributed by atoms with E-state index in [0.717, 1.165) is 17.1 Å². The van der Waals surface area contributed by atoms with Gasteiger partial charge in [0.25, 0.3) is 11.5 Å². The van der Waals surface area contributed by atoms with Gasteiger partial charge in [-0.25, -0.2) is 0 Å². The van der Waals surface area contributed by atoms with Gasteiger partial charge in [-0.1, -0.05) is 18.2 Å². The first-order chi connectivity index (χ1) is 12.0. The van der Waals surface area contributed by atoms with Crippen molar-refractivity contribution in [1.29, 1.82) is 5.41 Å². The fraction of sp³-hybridized carbons (Fsp3) is 0.176. The highest BCUT2D eigenvalue weighted by Crippen LogP contribution is 2.25. The summed E-state index contributed by atoms with van der Waals surface area (Å²) in [6, 6.07) is 8.85. The summed E-state index contributed by atoms with van der Waals surface area (Å²) >= 11 is 0.954. The number of para-hydroxylation sites is 1. The molecule has 1 aliphatic rings. The predicted octanol–water partition coefficient (Wildman–Crippen LogP) is 1.70. The van der Waals surface area contributed by atoms with E-state index in [4.69, 9.17) is 10.1 Å². The first-order valence-corrected chi connectivity index (χ1v) is 8.39. The van der Waals surface area contributed by atoms with Crippen molar-refractivity contribution in [3.63, 3.8) is 0 Å². The van der Waals surface area contributed by atoms with Crippen molar-refractivity contribution in [2.24, 2.45) is 0 Å². The van der Waals surface area contributed by atoms with E-state index in [-0.39, 0.29) is 28.8 Å². The van der Waals surface area contributed by atoms with Gasteiger partial charge in [0.1, 0.15) is 6.54 Å². The molecule has 1 saturated heterocycles. The number of pyridine rings is 1. The quantitative estimate of drug-likeness (QED) is 0.641. The van der Waals surface area contributed by atoms with Gasteiger partial charge >= 0.3 is 5.97 Å². The summed E-state index contributed by atoms with van der Waals surface area (Å²) in [7, 11) is 0. The molecule has 2 N–H and O–H groups in total. The maximum atomic E-state index is 12.8. The van der Waals surface area contributed by atoms with Crippen LogP contribution in [-0.4, -0.2) is 28.2 Å². The van der Waals surface area contributed by atoms with Gasteiger partial charge < -0.3 is 10.1 Å². The summed E-state index contributed by atoms with van der Waals surface area (Å²) in [5, 5.41) is 10.6. The monoisotopic (exact) mass is 357 g/mol. The molecule has 0 bridgehead atoms. The van der Waals surface area contributed by atoms with E-state index in [1.807, 2.05) is 12.1 Å². The Morgan fingerprint density at radius 3 is 2.80 bits per heavy atom. The maximum Gasteiger partial charge on any atom is 0.326 e. The second-order valence-corrected chi connectivity index (χ2v) is 6.30. The van der Waals surface area contributed by atoms with E-state index < -0.39 is 17.4 Å². The van der Waals surface area contributed by atoms with Crippen LogP contribution in [-0.2, 0) is 20.9 Å². The predicted molar refractivity (Wildman–Crippen MR) is 96.3 cm³/mol. The van der Waals surface area contributed by atoms with Crippen LogP contribution in [0.1, 0.15) is 12.5 Å². The number of rotatable bonds is 4. The molecule has 1 amide bonds. The minimum atomic E-state index is -0.505. The Morgan fingerprint density at radius 2 is 2.12 bits per heavy atom. The minimum Gasteiger partial charge on any atom is -0.465 e. The molecule has 1 aromatic heterocycles. The average molecular weight is 357 g/mol. The van der Waals surface area contributed by atoms with Crippen LogP contribution >= 0.6 is 11.8 Å². The van der Waals surface area contributed by atoms with Crippen LogP contribution < -0.4 is 10.9 Å². The summed E-state index contributed by atoms with van der Waals surface area (Å²) in [6.45, 7) is 1.72. The standard InChI is InChI=1S/C17H15N3O4S/c1-2-24-14(21)9-20-12-6-4-3-5-10(12)7-11(16(20)23)8-13-15(22)19-17(18)25-13/h3-8H,2,9H2,1H3,(H2,18,19,22)/b13-8-. The van der Waals surface area contributed by atoms with E-state index in [2.05, 4.69) is 5.32 Å². The summed E-state index contributed by atoms with van der Waals surface area (Å²) in [6.07, 6.45) is 1.44. The first-order valence-electron chi connectivity index (χ1n) is 7.57. The lowest BCUT2D eigenvalue weighted by molar-refractivity contribution is -0.143. The average Bonchev–Trinajstić information content (AvgIpc) is 2.89. The number of ether oxygens (including phenoxy) is 1. The van der Waals surface area contributed by atoms with Crippen molar-refractivity contribution in [2.75, 3.05) is 6.61 Å². The number of nitrogens with one attached hydrogen (secondary N) is 2. The van der Waals surface area contributed by atoms with Crippen molar-refractivity contribution in [3.05, 3.63) is 51.2 Å². The summed E-state index contributed by atoms with van der Waals surface area (Å²) in [5.41, 5.74) is 0.486. The van der Waals surface area contributed by atoms with Gasteiger partial charge in [0.15, 0.2) is 5.17 Å². The largest absolute Gasteiger partial charge is 0.465 e. The lowest BCUT2D eigenvalue weighted by Crippen LogP contribution is -2.27. The second kappa shape index (κ2) is 6.94. The lowest BCUT2D eigenvalue weighted by atomic mass is 10.1. The minimum absolute atomic E-state index is 0.0175. The number of fused-ring (bicyclic) bond motifs is 1. The number of hydrogen-bond acceptors (Lipinski definition) is 6. The molecule has 2 aromatic rings.